The van der Waals surface area contributed by atoms with Gasteiger partial charge < -0.3 is 21.5 Å². The van der Waals surface area contributed by atoms with Crippen LogP contribution in [0.15, 0.2) is 0 Å². The van der Waals surface area contributed by atoms with Crippen LogP contribution in [-0.4, -0.2) is 35.1 Å². The minimum absolute atomic E-state index is 0. The molecule has 176 valence electrons. The number of hydrogen-bond donors (Lipinski definition) is 4. The highest BCUT2D eigenvalue weighted by Gasteiger charge is 1.87. The van der Waals surface area contributed by atoms with Crippen LogP contribution in [0.1, 0.15) is 136 Å². The lowest BCUT2D eigenvalue weighted by molar-refractivity contribution is 0.282. The van der Waals surface area contributed by atoms with E-state index in [2.05, 4.69) is 20.8 Å². The molecule has 0 heterocycles. The second kappa shape index (κ2) is 41.3. The van der Waals surface area contributed by atoms with Crippen LogP contribution in [0, 0.1) is 0 Å². The highest BCUT2D eigenvalue weighted by molar-refractivity contribution is 4.43. The molecule has 28 heavy (non-hydrogen) atoms. The molecule has 0 bridgehead atoms. The first-order valence-electron chi connectivity index (χ1n) is 12.1. The van der Waals surface area contributed by atoms with Gasteiger partial charge in [-0.05, 0) is 19.3 Å². The van der Waals surface area contributed by atoms with Gasteiger partial charge in [-0.3, -0.25) is 0 Å². The third-order valence-electron chi connectivity index (χ3n) is 4.54. The standard InChI is InChI=1S/3C8H18O.H3N/c3*1-2-3-4-5-6-7-8-9;/h3*9H,2-8H2,1H3;1H3. The van der Waals surface area contributed by atoms with E-state index < -0.39 is 0 Å². The summed E-state index contributed by atoms with van der Waals surface area (Å²) in [6.07, 6.45) is 22.5. The van der Waals surface area contributed by atoms with Gasteiger partial charge in [-0.15, -0.1) is 0 Å². The lowest BCUT2D eigenvalue weighted by atomic mass is 10.1. The molecule has 0 aliphatic heterocycles. The Morgan fingerprint density at radius 3 is 0.679 bits per heavy atom. The van der Waals surface area contributed by atoms with Crippen LogP contribution in [0.2, 0.25) is 0 Å². The normalized spacial score (nSPS) is 9.64. The van der Waals surface area contributed by atoms with E-state index in [1.54, 1.807) is 0 Å². The van der Waals surface area contributed by atoms with Crippen molar-refractivity contribution in [1.29, 1.82) is 0 Å². The summed E-state index contributed by atoms with van der Waals surface area (Å²) in [4.78, 5) is 0. The van der Waals surface area contributed by atoms with E-state index in [9.17, 15) is 0 Å². The van der Waals surface area contributed by atoms with Crippen LogP contribution < -0.4 is 6.15 Å². The quantitative estimate of drug-likeness (QED) is 0.181. The van der Waals surface area contributed by atoms with Gasteiger partial charge in [0.15, 0.2) is 0 Å². The summed E-state index contributed by atoms with van der Waals surface area (Å²) in [5.41, 5.74) is 0. The Morgan fingerprint density at radius 1 is 0.321 bits per heavy atom. The summed E-state index contributed by atoms with van der Waals surface area (Å²) in [6, 6.07) is 0. The molecular formula is C24H57NO3. The number of aliphatic hydroxyl groups is 3. The molecule has 0 aromatic rings. The van der Waals surface area contributed by atoms with Gasteiger partial charge in [0.05, 0.1) is 0 Å². The predicted molar refractivity (Wildman–Crippen MR) is 126 cm³/mol. The molecule has 0 unspecified atom stereocenters. The summed E-state index contributed by atoms with van der Waals surface area (Å²) < 4.78 is 0. The number of hydrogen-bond acceptors (Lipinski definition) is 4. The molecule has 0 aromatic carbocycles. The lowest BCUT2D eigenvalue weighted by Crippen LogP contribution is -1.82. The third kappa shape index (κ3) is 50.1. The van der Waals surface area contributed by atoms with Crippen molar-refractivity contribution in [3.63, 3.8) is 0 Å². The zero-order valence-electron chi connectivity index (χ0n) is 19.9. The van der Waals surface area contributed by atoms with Gasteiger partial charge in [-0.25, -0.2) is 0 Å². The van der Waals surface area contributed by atoms with Crippen LogP contribution in [0.3, 0.4) is 0 Å². The predicted octanol–water partition coefficient (Wildman–Crippen LogP) is 7.18. The topological polar surface area (TPSA) is 95.7 Å². The third-order valence-corrected chi connectivity index (χ3v) is 4.54. The van der Waals surface area contributed by atoms with Crippen LogP contribution >= 0.6 is 0 Å². The van der Waals surface area contributed by atoms with Crippen LogP contribution in [-0.2, 0) is 0 Å². The minimum Gasteiger partial charge on any atom is -0.396 e. The fraction of sp³-hybridized carbons (Fsp3) is 1.00. The lowest BCUT2D eigenvalue weighted by Gasteiger charge is -1.95. The van der Waals surface area contributed by atoms with Crippen LogP contribution in [0.25, 0.3) is 0 Å². The first kappa shape index (κ1) is 35.3. The SMILES string of the molecule is CCCCCCCCO.CCCCCCCCO.CCCCCCCCO.N. The molecule has 0 fully saturated rings. The molecule has 6 N–H and O–H groups in total. The van der Waals surface area contributed by atoms with Crippen molar-refractivity contribution in [1.82, 2.24) is 6.15 Å². The average molecular weight is 408 g/mol. The highest BCUT2D eigenvalue weighted by atomic mass is 16.3. The average Bonchev–Trinajstić information content (AvgIpc) is 2.69. The van der Waals surface area contributed by atoms with E-state index in [0.717, 1.165) is 19.3 Å². The molecule has 0 radical (unpaired) electrons. The van der Waals surface area contributed by atoms with Gasteiger partial charge in [0, 0.05) is 19.8 Å². The summed E-state index contributed by atoms with van der Waals surface area (Å²) in [7, 11) is 0. The fourth-order valence-corrected chi connectivity index (χ4v) is 2.68. The molecular weight excluding hydrogens is 350 g/mol. The van der Waals surface area contributed by atoms with E-state index in [1.807, 2.05) is 0 Å². The molecule has 0 atom stereocenters. The van der Waals surface area contributed by atoms with Crippen molar-refractivity contribution in [3.05, 3.63) is 0 Å². The highest BCUT2D eigenvalue weighted by Crippen LogP contribution is 2.05. The zero-order valence-corrected chi connectivity index (χ0v) is 19.9. The maximum atomic E-state index is 8.42. The van der Waals surface area contributed by atoms with Crippen molar-refractivity contribution >= 4 is 0 Å². The van der Waals surface area contributed by atoms with Gasteiger partial charge in [0.2, 0.25) is 0 Å². The molecule has 0 amide bonds. The molecule has 0 aromatic heterocycles. The molecule has 0 aliphatic rings. The maximum absolute atomic E-state index is 8.42. The molecule has 0 saturated carbocycles. The van der Waals surface area contributed by atoms with Gasteiger partial charge in [0.25, 0.3) is 0 Å². The smallest absolute Gasteiger partial charge is 0.0431 e. The first-order chi connectivity index (χ1) is 13.2. The van der Waals surface area contributed by atoms with E-state index in [-0.39, 0.29) is 6.15 Å². The fourth-order valence-electron chi connectivity index (χ4n) is 2.68. The van der Waals surface area contributed by atoms with Crippen molar-refractivity contribution in [2.24, 2.45) is 0 Å². The monoisotopic (exact) mass is 407 g/mol. The summed E-state index contributed by atoms with van der Waals surface area (Å²) in [5.74, 6) is 0. The van der Waals surface area contributed by atoms with E-state index in [0.29, 0.717) is 19.8 Å². The molecule has 4 heteroatoms. The molecule has 0 rings (SSSR count). The van der Waals surface area contributed by atoms with Gasteiger partial charge in [-0.1, -0.05) is 117 Å². The molecule has 0 saturated heterocycles. The number of rotatable bonds is 18. The van der Waals surface area contributed by atoms with Gasteiger partial charge in [-0.2, -0.15) is 0 Å². The largest absolute Gasteiger partial charge is 0.396 e. The minimum atomic E-state index is 0. The summed E-state index contributed by atoms with van der Waals surface area (Å²) in [5, 5.41) is 25.3. The summed E-state index contributed by atoms with van der Waals surface area (Å²) in [6.45, 7) is 7.74. The molecule has 4 nitrogen and oxygen atoms in total. The van der Waals surface area contributed by atoms with Crippen molar-refractivity contribution in [2.75, 3.05) is 19.8 Å². The molecule has 0 spiro atoms. The number of aliphatic hydroxyl groups excluding tert-OH is 3. The Hall–Kier alpha value is -0.160. The van der Waals surface area contributed by atoms with Crippen molar-refractivity contribution in [3.8, 4) is 0 Å². The van der Waals surface area contributed by atoms with Crippen LogP contribution in [0.5, 0.6) is 0 Å². The van der Waals surface area contributed by atoms with Gasteiger partial charge in [0.1, 0.15) is 0 Å². The van der Waals surface area contributed by atoms with E-state index in [1.165, 1.54) is 96.3 Å². The summed E-state index contributed by atoms with van der Waals surface area (Å²) >= 11 is 0. The molecule has 0 aliphatic carbocycles. The Balaban J connectivity index is -0.000000152. The second-order valence-electron chi connectivity index (χ2n) is 7.47. The Labute approximate surface area is 178 Å². The Kier molecular flexibility index (Phi) is 52.0. The maximum Gasteiger partial charge on any atom is 0.0431 e. The van der Waals surface area contributed by atoms with E-state index >= 15 is 0 Å². The van der Waals surface area contributed by atoms with Crippen molar-refractivity contribution in [2.45, 2.75) is 136 Å². The number of unbranched alkanes of at least 4 members (excludes halogenated alkanes) is 15. The van der Waals surface area contributed by atoms with Gasteiger partial charge >= 0.3 is 0 Å². The Bertz CT molecular complexity index is 153. The zero-order chi connectivity index (χ0) is 20.8. The van der Waals surface area contributed by atoms with E-state index in [4.69, 9.17) is 15.3 Å². The van der Waals surface area contributed by atoms with Crippen molar-refractivity contribution < 1.29 is 15.3 Å². The Morgan fingerprint density at radius 2 is 0.500 bits per heavy atom. The van der Waals surface area contributed by atoms with Crippen LogP contribution in [0.4, 0.5) is 0 Å². The second-order valence-corrected chi connectivity index (χ2v) is 7.47. The first-order valence-corrected chi connectivity index (χ1v) is 12.1.